The molecule has 1 aromatic rings. The van der Waals surface area contributed by atoms with Gasteiger partial charge in [0.1, 0.15) is 5.82 Å². The Kier molecular flexibility index (Phi) is 7.50. The maximum atomic E-state index is 12.8. The molecule has 1 aliphatic rings. The first kappa shape index (κ1) is 16.7. The highest BCUT2D eigenvalue weighted by Crippen LogP contribution is 2.19. The first-order chi connectivity index (χ1) is 10.3. The summed E-state index contributed by atoms with van der Waals surface area (Å²) in [5, 5.41) is 0. The Morgan fingerprint density at radius 3 is 2.62 bits per heavy atom. The first-order valence-electron chi connectivity index (χ1n) is 7.70. The quantitative estimate of drug-likeness (QED) is 0.592. The van der Waals surface area contributed by atoms with Crippen LogP contribution in [0.15, 0.2) is 29.2 Å². The van der Waals surface area contributed by atoms with Gasteiger partial charge in [0.15, 0.2) is 0 Å². The molecule has 0 bridgehead atoms. The molecule has 0 atom stereocenters. The molecule has 3 nitrogen and oxygen atoms in total. The van der Waals surface area contributed by atoms with Crippen molar-refractivity contribution >= 4 is 11.8 Å². The van der Waals surface area contributed by atoms with E-state index in [1.807, 2.05) is 12.1 Å². The van der Waals surface area contributed by atoms with E-state index in [-0.39, 0.29) is 5.82 Å². The van der Waals surface area contributed by atoms with E-state index in [0.717, 1.165) is 56.2 Å². The highest BCUT2D eigenvalue weighted by atomic mass is 32.2. The summed E-state index contributed by atoms with van der Waals surface area (Å²) < 4.78 is 18.6. The zero-order chi connectivity index (χ0) is 14.9. The number of halogens is 1. The van der Waals surface area contributed by atoms with Crippen molar-refractivity contribution in [2.24, 2.45) is 5.73 Å². The maximum Gasteiger partial charge on any atom is 0.123 e. The third-order valence-corrected chi connectivity index (χ3v) is 4.72. The predicted molar refractivity (Wildman–Crippen MR) is 86.2 cm³/mol. The van der Waals surface area contributed by atoms with Gasteiger partial charge in [-0.15, -0.1) is 11.8 Å². The molecule has 2 rings (SSSR count). The molecular formula is C16H25FN2OS. The minimum atomic E-state index is -0.170. The lowest BCUT2D eigenvalue weighted by atomic mass is 10.1. The number of piperidine rings is 1. The third-order valence-electron chi connectivity index (χ3n) is 3.73. The Bertz CT molecular complexity index is 394. The summed E-state index contributed by atoms with van der Waals surface area (Å²) in [6, 6.07) is 6.73. The van der Waals surface area contributed by atoms with E-state index in [0.29, 0.717) is 12.6 Å². The second kappa shape index (κ2) is 9.41. The SMILES string of the molecule is NCCCOC1CCN(CCSc2ccc(F)cc2)CC1. The smallest absolute Gasteiger partial charge is 0.123 e. The lowest BCUT2D eigenvalue weighted by Gasteiger charge is -2.31. The fourth-order valence-corrected chi connectivity index (χ4v) is 3.37. The average Bonchev–Trinajstić information content (AvgIpc) is 2.51. The van der Waals surface area contributed by atoms with Gasteiger partial charge < -0.3 is 15.4 Å². The molecule has 0 unspecified atom stereocenters. The van der Waals surface area contributed by atoms with Crippen LogP contribution in [0.5, 0.6) is 0 Å². The fourth-order valence-electron chi connectivity index (χ4n) is 2.46. The Hall–Kier alpha value is -0.620. The highest BCUT2D eigenvalue weighted by molar-refractivity contribution is 7.99. The molecule has 0 spiro atoms. The van der Waals surface area contributed by atoms with Crippen molar-refractivity contribution in [3.63, 3.8) is 0 Å². The zero-order valence-corrected chi connectivity index (χ0v) is 13.3. The van der Waals surface area contributed by atoms with Gasteiger partial charge in [-0.3, -0.25) is 0 Å². The van der Waals surface area contributed by atoms with Crippen molar-refractivity contribution in [2.75, 3.05) is 38.5 Å². The second-order valence-corrected chi connectivity index (χ2v) is 6.52. The molecule has 21 heavy (non-hydrogen) atoms. The van der Waals surface area contributed by atoms with E-state index in [1.54, 1.807) is 11.8 Å². The number of nitrogens with zero attached hydrogens (tertiary/aromatic N) is 1. The van der Waals surface area contributed by atoms with Crippen LogP contribution >= 0.6 is 11.8 Å². The van der Waals surface area contributed by atoms with Crippen LogP contribution in [0.4, 0.5) is 4.39 Å². The van der Waals surface area contributed by atoms with Gasteiger partial charge in [-0.05, 0) is 50.1 Å². The van der Waals surface area contributed by atoms with Crippen LogP contribution in [0.1, 0.15) is 19.3 Å². The maximum absolute atomic E-state index is 12.8. The molecule has 5 heteroatoms. The molecule has 0 saturated carbocycles. The molecule has 1 saturated heterocycles. The number of thioether (sulfide) groups is 1. The first-order valence-corrected chi connectivity index (χ1v) is 8.69. The number of hydrogen-bond donors (Lipinski definition) is 1. The van der Waals surface area contributed by atoms with Crippen LogP contribution in [0.25, 0.3) is 0 Å². The van der Waals surface area contributed by atoms with Gasteiger partial charge in [-0.2, -0.15) is 0 Å². The topological polar surface area (TPSA) is 38.5 Å². The van der Waals surface area contributed by atoms with Crippen molar-refractivity contribution in [1.29, 1.82) is 0 Å². The zero-order valence-electron chi connectivity index (χ0n) is 12.5. The van der Waals surface area contributed by atoms with Crippen LogP contribution in [0.3, 0.4) is 0 Å². The Labute approximate surface area is 131 Å². The number of rotatable bonds is 8. The van der Waals surface area contributed by atoms with Crippen molar-refractivity contribution in [3.8, 4) is 0 Å². The van der Waals surface area contributed by atoms with Crippen LogP contribution in [-0.4, -0.2) is 49.5 Å². The summed E-state index contributed by atoms with van der Waals surface area (Å²) in [5.41, 5.74) is 5.47. The number of ether oxygens (including phenoxy) is 1. The van der Waals surface area contributed by atoms with Crippen molar-refractivity contribution < 1.29 is 9.13 Å². The van der Waals surface area contributed by atoms with Gasteiger partial charge in [0.2, 0.25) is 0 Å². The normalized spacial score (nSPS) is 17.2. The molecule has 0 aliphatic carbocycles. The summed E-state index contributed by atoms with van der Waals surface area (Å²) >= 11 is 1.79. The van der Waals surface area contributed by atoms with E-state index >= 15 is 0 Å². The molecular weight excluding hydrogens is 287 g/mol. The molecule has 118 valence electrons. The Morgan fingerprint density at radius 1 is 1.24 bits per heavy atom. The summed E-state index contributed by atoms with van der Waals surface area (Å²) in [7, 11) is 0. The molecule has 2 N–H and O–H groups in total. The number of likely N-dealkylation sites (tertiary alicyclic amines) is 1. The van der Waals surface area contributed by atoms with Gasteiger partial charge in [0.05, 0.1) is 6.10 Å². The van der Waals surface area contributed by atoms with Crippen LogP contribution in [-0.2, 0) is 4.74 Å². The predicted octanol–water partition coefficient (Wildman–Crippen LogP) is 2.75. The van der Waals surface area contributed by atoms with E-state index < -0.39 is 0 Å². The summed E-state index contributed by atoms with van der Waals surface area (Å²) in [5.74, 6) is 0.876. The minimum Gasteiger partial charge on any atom is -0.378 e. The summed E-state index contributed by atoms with van der Waals surface area (Å²) in [6.07, 6.45) is 3.60. The molecule has 0 amide bonds. The monoisotopic (exact) mass is 312 g/mol. The van der Waals surface area contributed by atoms with Crippen LogP contribution in [0, 0.1) is 5.82 Å². The summed E-state index contributed by atoms with van der Waals surface area (Å²) in [6.45, 7) is 4.80. The van der Waals surface area contributed by atoms with Crippen molar-refractivity contribution in [2.45, 2.75) is 30.3 Å². The lowest BCUT2D eigenvalue weighted by Crippen LogP contribution is -2.38. The lowest BCUT2D eigenvalue weighted by molar-refractivity contribution is 0.00855. The number of nitrogens with two attached hydrogens (primary N) is 1. The van der Waals surface area contributed by atoms with Gasteiger partial charge in [-0.1, -0.05) is 0 Å². The van der Waals surface area contributed by atoms with Gasteiger partial charge in [0.25, 0.3) is 0 Å². The highest BCUT2D eigenvalue weighted by Gasteiger charge is 2.18. The van der Waals surface area contributed by atoms with Gasteiger partial charge >= 0.3 is 0 Å². The molecule has 1 heterocycles. The standard InChI is InChI=1S/C16H25FN2OS/c17-14-2-4-16(5-3-14)21-13-11-19-9-6-15(7-10-19)20-12-1-8-18/h2-5,15H,1,6-13,18H2. The van der Waals surface area contributed by atoms with Crippen LogP contribution < -0.4 is 5.73 Å². The van der Waals surface area contributed by atoms with Crippen molar-refractivity contribution in [1.82, 2.24) is 4.90 Å². The fraction of sp³-hybridized carbons (Fsp3) is 0.625. The molecule has 1 aliphatic heterocycles. The number of benzene rings is 1. The van der Waals surface area contributed by atoms with E-state index in [9.17, 15) is 4.39 Å². The Morgan fingerprint density at radius 2 is 1.95 bits per heavy atom. The van der Waals surface area contributed by atoms with E-state index in [1.165, 1.54) is 12.1 Å². The summed E-state index contributed by atoms with van der Waals surface area (Å²) in [4.78, 5) is 3.62. The van der Waals surface area contributed by atoms with E-state index in [2.05, 4.69) is 4.90 Å². The molecule has 0 radical (unpaired) electrons. The average molecular weight is 312 g/mol. The van der Waals surface area contributed by atoms with Gasteiger partial charge in [-0.25, -0.2) is 4.39 Å². The van der Waals surface area contributed by atoms with E-state index in [4.69, 9.17) is 10.5 Å². The second-order valence-electron chi connectivity index (χ2n) is 5.36. The molecule has 1 aromatic carbocycles. The van der Waals surface area contributed by atoms with Crippen LogP contribution in [0.2, 0.25) is 0 Å². The number of hydrogen-bond acceptors (Lipinski definition) is 4. The third kappa shape index (κ3) is 6.34. The van der Waals surface area contributed by atoms with Gasteiger partial charge in [0, 0.05) is 36.9 Å². The minimum absolute atomic E-state index is 0.170. The largest absolute Gasteiger partial charge is 0.378 e. The molecule has 1 fully saturated rings. The van der Waals surface area contributed by atoms with Crippen molar-refractivity contribution in [3.05, 3.63) is 30.1 Å². The molecule has 0 aromatic heterocycles. The Balaban J connectivity index is 1.57.